The van der Waals surface area contributed by atoms with Crippen LogP contribution in [0.1, 0.15) is 11.1 Å². The maximum Gasteiger partial charge on any atom is 0.224 e. The predicted octanol–water partition coefficient (Wildman–Crippen LogP) is 1.95. The van der Waals surface area contributed by atoms with Crippen LogP contribution in [0.2, 0.25) is 0 Å². The van der Waals surface area contributed by atoms with E-state index >= 15 is 0 Å². The van der Waals surface area contributed by atoms with Crippen molar-refractivity contribution >= 4 is 15.9 Å². The van der Waals surface area contributed by atoms with Gasteiger partial charge in [-0.2, -0.15) is 4.31 Å². The van der Waals surface area contributed by atoms with E-state index < -0.39 is 15.8 Å². The van der Waals surface area contributed by atoms with Crippen LogP contribution in [-0.4, -0.2) is 38.0 Å². The smallest absolute Gasteiger partial charge is 0.224 e. The third-order valence-corrected chi connectivity index (χ3v) is 4.91. The zero-order valence-corrected chi connectivity index (χ0v) is 14.8. The number of benzene rings is 2. The van der Waals surface area contributed by atoms with Crippen LogP contribution in [0.5, 0.6) is 0 Å². The molecule has 0 aromatic heterocycles. The maximum absolute atomic E-state index is 13.5. The minimum Gasteiger partial charge on any atom is -0.354 e. The summed E-state index contributed by atoms with van der Waals surface area (Å²) in [5, 5.41) is 2.64. The molecule has 2 aromatic carbocycles. The van der Waals surface area contributed by atoms with Gasteiger partial charge in [-0.15, -0.1) is 0 Å². The van der Waals surface area contributed by atoms with Gasteiger partial charge in [-0.25, -0.2) is 12.8 Å². The van der Waals surface area contributed by atoms with E-state index in [4.69, 9.17) is 0 Å². The molecule has 0 saturated carbocycles. The number of nitrogens with one attached hydrogen (secondary N) is 1. The van der Waals surface area contributed by atoms with Gasteiger partial charge in [0.2, 0.25) is 15.9 Å². The quantitative estimate of drug-likeness (QED) is 0.779. The molecule has 2 aromatic rings. The second-order valence-corrected chi connectivity index (χ2v) is 7.68. The summed E-state index contributed by atoms with van der Waals surface area (Å²) in [4.78, 5) is 11.9. The summed E-state index contributed by atoms with van der Waals surface area (Å²) in [6, 6.07) is 15.3. The molecular weight excluding hydrogens is 343 g/mol. The fourth-order valence-electron chi connectivity index (χ4n) is 2.35. The molecule has 0 aliphatic carbocycles. The van der Waals surface area contributed by atoms with E-state index in [0.29, 0.717) is 5.56 Å². The van der Waals surface area contributed by atoms with Crippen LogP contribution in [0.4, 0.5) is 4.39 Å². The number of nitrogens with zero attached hydrogens (tertiary/aromatic N) is 1. The summed E-state index contributed by atoms with van der Waals surface area (Å²) in [5.74, 6) is -0.780. The molecule has 1 amide bonds. The van der Waals surface area contributed by atoms with Gasteiger partial charge in [-0.3, -0.25) is 4.79 Å². The molecule has 0 aliphatic heterocycles. The van der Waals surface area contributed by atoms with E-state index in [2.05, 4.69) is 5.32 Å². The van der Waals surface area contributed by atoms with Crippen LogP contribution < -0.4 is 5.32 Å². The second kappa shape index (κ2) is 8.73. The number of rotatable bonds is 8. The average molecular weight is 364 g/mol. The Morgan fingerprint density at radius 1 is 1.08 bits per heavy atom. The highest BCUT2D eigenvalue weighted by Crippen LogP contribution is 2.08. The zero-order chi connectivity index (χ0) is 18.3. The van der Waals surface area contributed by atoms with Crippen molar-refractivity contribution < 1.29 is 17.6 Å². The van der Waals surface area contributed by atoms with E-state index in [1.54, 1.807) is 18.2 Å². The first-order valence-electron chi connectivity index (χ1n) is 7.85. The molecular formula is C18H21FN2O3S. The zero-order valence-electron chi connectivity index (χ0n) is 14.0. The molecule has 5 nitrogen and oxygen atoms in total. The van der Waals surface area contributed by atoms with Crippen LogP contribution in [0.15, 0.2) is 54.6 Å². The Hall–Kier alpha value is -2.25. The van der Waals surface area contributed by atoms with Crippen LogP contribution in [0.25, 0.3) is 0 Å². The van der Waals surface area contributed by atoms with Crippen molar-refractivity contribution in [3.05, 3.63) is 71.5 Å². The fraction of sp³-hybridized carbons (Fsp3) is 0.278. The Morgan fingerprint density at radius 2 is 1.72 bits per heavy atom. The van der Waals surface area contributed by atoms with Crippen molar-refractivity contribution in [3.8, 4) is 0 Å². The first-order chi connectivity index (χ1) is 11.9. The highest BCUT2D eigenvalue weighted by atomic mass is 32.2. The lowest BCUT2D eigenvalue weighted by Crippen LogP contribution is -2.38. The molecule has 0 atom stereocenters. The minimum absolute atomic E-state index is 0.0791. The van der Waals surface area contributed by atoms with E-state index in [9.17, 15) is 17.6 Å². The van der Waals surface area contributed by atoms with Gasteiger partial charge in [0.25, 0.3) is 0 Å². The van der Waals surface area contributed by atoms with Gasteiger partial charge in [0.1, 0.15) is 5.82 Å². The van der Waals surface area contributed by atoms with Gasteiger partial charge < -0.3 is 5.32 Å². The fourth-order valence-corrected chi connectivity index (χ4v) is 3.15. The highest BCUT2D eigenvalue weighted by Gasteiger charge is 2.17. The summed E-state index contributed by atoms with van der Waals surface area (Å²) < 4.78 is 38.7. The summed E-state index contributed by atoms with van der Waals surface area (Å²) in [6.07, 6.45) is 1.06. The van der Waals surface area contributed by atoms with Crippen molar-refractivity contribution in [2.75, 3.05) is 19.3 Å². The standard InChI is InChI=1S/C18H21FN2O3S/c1-25(23,24)21(14-15-7-3-2-4-8-15)12-11-20-18(22)13-16-9-5-6-10-17(16)19/h2-10H,11-14H2,1H3,(H,20,22). The number of amides is 1. The minimum atomic E-state index is -3.40. The normalized spacial score (nSPS) is 11.5. The molecule has 7 heteroatoms. The molecule has 0 radical (unpaired) electrons. The van der Waals surface area contributed by atoms with Gasteiger partial charge in [0.05, 0.1) is 12.7 Å². The van der Waals surface area contributed by atoms with Crippen LogP contribution in [-0.2, 0) is 27.8 Å². The van der Waals surface area contributed by atoms with Gasteiger partial charge in [0, 0.05) is 19.6 Å². The Bertz CT molecular complexity index is 810. The highest BCUT2D eigenvalue weighted by molar-refractivity contribution is 7.88. The lowest BCUT2D eigenvalue weighted by molar-refractivity contribution is -0.120. The van der Waals surface area contributed by atoms with E-state index in [-0.39, 0.29) is 32.0 Å². The van der Waals surface area contributed by atoms with Crippen LogP contribution in [0.3, 0.4) is 0 Å². The van der Waals surface area contributed by atoms with E-state index in [0.717, 1.165) is 11.8 Å². The second-order valence-electron chi connectivity index (χ2n) is 5.70. The topological polar surface area (TPSA) is 66.5 Å². The molecule has 0 fully saturated rings. The van der Waals surface area contributed by atoms with E-state index in [1.165, 1.54) is 10.4 Å². The Balaban J connectivity index is 1.88. The predicted molar refractivity (Wildman–Crippen MR) is 94.8 cm³/mol. The lowest BCUT2D eigenvalue weighted by Gasteiger charge is -2.20. The van der Waals surface area contributed by atoms with Gasteiger partial charge in [-0.1, -0.05) is 48.5 Å². The Labute approximate surface area is 147 Å². The van der Waals surface area contributed by atoms with Crippen molar-refractivity contribution in [1.29, 1.82) is 0 Å². The SMILES string of the molecule is CS(=O)(=O)N(CCNC(=O)Cc1ccccc1F)Cc1ccccc1. The van der Waals surface area contributed by atoms with Crippen molar-refractivity contribution in [1.82, 2.24) is 9.62 Å². The molecule has 0 bridgehead atoms. The number of carbonyl (C=O) groups excluding carboxylic acids is 1. The number of halogens is 1. The van der Waals surface area contributed by atoms with Crippen LogP contribution in [0, 0.1) is 5.82 Å². The third-order valence-electron chi connectivity index (χ3n) is 3.66. The first-order valence-corrected chi connectivity index (χ1v) is 9.70. The van der Waals surface area contributed by atoms with Gasteiger partial charge in [-0.05, 0) is 17.2 Å². The Kier molecular flexibility index (Phi) is 6.66. The molecule has 134 valence electrons. The molecule has 0 unspecified atom stereocenters. The summed E-state index contributed by atoms with van der Waals surface area (Å²) >= 11 is 0. The summed E-state index contributed by atoms with van der Waals surface area (Å²) in [7, 11) is -3.40. The molecule has 1 N–H and O–H groups in total. The summed E-state index contributed by atoms with van der Waals surface area (Å²) in [6.45, 7) is 0.548. The number of carbonyl (C=O) groups is 1. The van der Waals surface area contributed by atoms with E-state index in [1.807, 2.05) is 30.3 Å². The number of sulfonamides is 1. The lowest BCUT2D eigenvalue weighted by atomic mass is 10.1. The largest absolute Gasteiger partial charge is 0.354 e. The van der Waals surface area contributed by atoms with Crippen LogP contribution >= 0.6 is 0 Å². The average Bonchev–Trinajstić information content (AvgIpc) is 2.56. The molecule has 2 rings (SSSR count). The number of hydrogen-bond donors (Lipinski definition) is 1. The molecule has 0 spiro atoms. The molecule has 0 aliphatic rings. The monoisotopic (exact) mass is 364 g/mol. The third kappa shape index (κ3) is 6.28. The first kappa shape index (κ1) is 19.1. The molecule has 0 saturated heterocycles. The van der Waals surface area contributed by atoms with Crippen molar-refractivity contribution in [3.63, 3.8) is 0 Å². The van der Waals surface area contributed by atoms with Gasteiger partial charge >= 0.3 is 0 Å². The van der Waals surface area contributed by atoms with Crippen molar-refractivity contribution in [2.45, 2.75) is 13.0 Å². The maximum atomic E-state index is 13.5. The Morgan fingerprint density at radius 3 is 2.36 bits per heavy atom. The molecule has 25 heavy (non-hydrogen) atoms. The van der Waals surface area contributed by atoms with Gasteiger partial charge in [0.15, 0.2) is 0 Å². The number of hydrogen-bond acceptors (Lipinski definition) is 3. The van der Waals surface area contributed by atoms with Crippen molar-refractivity contribution in [2.24, 2.45) is 0 Å². The summed E-state index contributed by atoms with van der Waals surface area (Å²) in [5.41, 5.74) is 1.18. The molecule has 0 heterocycles.